The molecule has 0 atom stereocenters. The van der Waals surface area contributed by atoms with Gasteiger partial charge in [0.25, 0.3) is 0 Å². The highest BCUT2D eigenvalue weighted by molar-refractivity contribution is 7.80. The van der Waals surface area contributed by atoms with Crippen molar-refractivity contribution < 1.29 is 4.42 Å². The van der Waals surface area contributed by atoms with Gasteiger partial charge in [0.2, 0.25) is 5.89 Å². The lowest BCUT2D eigenvalue weighted by atomic mass is 10.2. The number of aromatic nitrogens is 2. The molecular weight excluding hydrogens is 284 g/mol. The molecule has 6 heteroatoms. The van der Waals surface area contributed by atoms with E-state index in [1.807, 2.05) is 60.7 Å². The van der Waals surface area contributed by atoms with Crippen molar-refractivity contribution in [2.45, 2.75) is 0 Å². The number of anilines is 2. The Hall–Kier alpha value is -2.73. The summed E-state index contributed by atoms with van der Waals surface area (Å²) in [5, 5.41) is 14.2. The van der Waals surface area contributed by atoms with E-state index in [9.17, 15) is 0 Å². The first-order valence-electron chi connectivity index (χ1n) is 6.33. The summed E-state index contributed by atoms with van der Waals surface area (Å²) in [7, 11) is 0. The molecule has 0 spiro atoms. The van der Waals surface area contributed by atoms with Crippen molar-refractivity contribution >= 4 is 29.0 Å². The van der Waals surface area contributed by atoms with Crippen molar-refractivity contribution in [1.29, 1.82) is 0 Å². The van der Waals surface area contributed by atoms with Crippen LogP contribution in [0.15, 0.2) is 65.1 Å². The van der Waals surface area contributed by atoms with Gasteiger partial charge in [-0.2, -0.15) is 0 Å². The zero-order valence-electron chi connectivity index (χ0n) is 11.0. The molecule has 1 heterocycles. The van der Waals surface area contributed by atoms with Crippen LogP contribution >= 0.6 is 12.2 Å². The molecular formula is C15H12N4OS. The number of nitrogens with one attached hydrogen (secondary N) is 2. The lowest BCUT2D eigenvalue weighted by Gasteiger charge is -2.06. The van der Waals surface area contributed by atoms with Crippen molar-refractivity contribution in [1.82, 2.24) is 10.2 Å². The number of rotatable bonds is 3. The average molecular weight is 296 g/mol. The lowest BCUT2D eigenvalue weighted by molar-refractivity contribution is 0.589. The highest BCUT2D eigenvalue weighted by Crippen LogP contribution is 2.19. The van der Waals surface area contributed by atoms with Crippen molar-refractivity contribution in [3.63, 3.8) is 0 Å². The molecule has 0 unspecified atom stereocenters. The van der Waals surface area contributed by atoms with Gasteiger partial charge in [-0.3, -0.25) is 5.32 Å². The topological polar surface area (TPSA) is 63.0 Å². The second-order valence-electron chi connectivity index (χ2n) is 4.22. The zero-order valence-corrected chi connectivity index (χ0v) is 11.8. The van der Waals surface area contributed by atoms with Gasteiger partial charge in [-0.25, -0.2) is 0 Å². The Morgan fingerprint density at radius 2 is 1.52 bits per heavy atom. The first-order chi connectivity index (χ1) is 10.3. The molecule has 0 aliphatic heterocycles. The molecule has 0 fully saturated rings. The second kappa shape index (κ2) is 6.15. The average Bonchev–Trinajstić information content (AvgIpc) is 2.97. The third kappa shape index (κ3) is 3.43. The quantitative estimate of drug-likeness (QED) is 0.721. The summed E-state index contributed by atoms with van der Waals surface area (Å²) in [5.41, 5.74) is 1.75. The van der Waals surface area contributed by atoms with Crippen LogP contribution in [0.1, 0.15) is 0 Å². The van der Waals surface area contributed by atoms with Gasteiger partial charge in [0.05, 0.1) is 0 Å². The summed E-state index contributed by atoms with van der Waals surface area (Å²) in [6.45, 7) is 0. The van der Waals surface area contributed by atoms with E-state index in [4.69, 9.17) is 16.6 Å². The van der Waals surface area contributed by atoms with Gasteiger partial charge < -0.3 is 9.73 Å². The molecule has 2 aromatic carbocycles. The monoisotopic (exact) mass is 296 g/mol. The first kappa shape index (κ1) is 13.3. The minimum atomic E-state index is 0.252. The summed E-state index contributed by atoms with van der Waals surface area (Å²) in [6, 6.07) is 19.4. The van der Waals surface area contributed by atoms with E-state index in [0.717, 1.165) is 11.3 Å². The number of hydrogen-bond acceptors (Lipinski definition) is 4. The van der Waals surface area contributed by atoms with Gasteiger partial charge in [-0.05, 0) is 36.5 Å². The van der Waals surface area contributed by atoms with Crippen LogP contribution in [0.2, 0.25) is 0 Å². The Morgan fingerprint density at radius 3 is 2.24 bits per heavy atom. The van der Waals surface area contributed by atoms with E-state index in [0.29, 0.717) is 11.0 Å². The van der Waals surface area contributed by atoms with E-state index >= 15 is 0 Å². The summed E-state index contributed by atoms with van der Waals surface area (Å²) >= 11 is 5.19. The third-order valence-electron chi connectivity index (χ3n) is 2.70. The molecule has 3 rings (SSSR count). The number of thiocarbonyl (C=S) groups is 1. The van der Waals surface area contributed by atoms with Crippen LogP contribution in [0.25, 0.3) is 11.5 Å². The van der Waals surface area contributed by atoms with Crippen molar-refractivity contribution in [2.24, 2.45) is 0 Å². The smallest absolute Gasteiger partial charge is 0.322 e. The van der Waals surface area contributed by atoms with Crippen LogP contribution in [-0.4, -0.2) is 15.3 Å². The Morgan fingerprint density at radius 1 is 0.857 bits per heavy atom. The molecule has 104 valence electrons. The molecule has 0 bridgehead atoms. The Kier molecular flexibility index (Phi) is 3.88. The highest BCUT2D eigenvalue weighted by atomic mass is 32.1. The van der Waals surface area contributed by atoms with Gasteiger partial charge in [0.15, 0.2) is 5.11 Å². The van der Waals surface area contributed by atoms with Crippen LogP contribution < -0.4 is 10.6 Å². The molecule has 0 amide bonds. The molecule has 21 heavy (non-hydrogen) atoms. The number of hydrogen-bond donors (Lipinski definition) is 2. The van der Waals surface area contributed by atoms with Gasteiger partial charge in [0, 0.05) is 11.3 Å². The fraction of sp³-hybridized carbons (Fsp3) is 0. The summed E-state index contributed by atoms with van der Waals surface area (Å²) < 4.78 is 5.52. The predicted octanol–water partition coefficient (Wildman–Crippen LogP) is 3.55. The molecule has 0 saturated heterocycles. The van der Waals surface area contributed by atoms with E-state index in [-0.39, 0.29) is 6.01 Å². The summed E-state index contributed by atoms with van der Waals surface area (Å²) in [4.78, 5) is 0. The van der Waals surface area contributed by atoms with E-state index in [1.54, 1.807) is 0 Å². The Balaban J connectivity index is 1.66. The standard InChI is InChI=1S/C15H12N4OS/c21-15(16-12-9-5-2-6-10-12)17-14-19-18-13(20-14)11-7-3-1-4-8-11/h1-10H,(H2,16,17,19,21). The Labute approximate surface area is 127 Å². The number of nitrogens with zero attached hydrogens (tertiary/aromatic N) is 2. The maximum atomic E-state index is 5.52. The van der Waals surface area contributed by atoms with Gasteiger partial charge >= 0.3 is 6.01 Å². The van der Waals surface area contributed by atoms with Crippen LogP contribution in [0.4, 0.5) is 11.7 Å². The number of para-hydroxylation sites is 1. The zero-order chi connectivity index (χ0) is 14.5. The van der Waals surface area contributed by atoms with Crippen molar-refractivity contribution in [3.8, 4) is 11.5 Å². The van der Waals surface area contributed by atoms with Gasteiger partial charge in [-0.1, -0.05) is 41.5 Å². The third-order valence-corrected chi connectivity index (χ3v) is 2.90. The SMILES string of the molecule is S=C(Nc1ccccc1)Nc1nnc(-c2ccccc2)o1. The van der Waals surface area contributed by atoms with E-state index < -0.39 is 0 Å². The predicted molar refractivity (Wildman–Crippen MR) is 86.0 cm³/mol. The molecule has 3 aromatic rings. The minimum Gasteiger partial charge on any atom is -0.403 e. The molecule has 0 radical (unpaired) electrons. The normalized spacial score (nSPS) is 10.1. The fourth-order valence-electron chi connectivity index (χ4n) is 1.75. The first-order valence-corrected chi connectivity index (χ1v) is 6.74. The molecule has 0 aliphatic rings. The highest BCUT2D eigenvalue weighted by Gasteiger charge is 2.09. The minimum absolute atomic E-state index is 0.252. The van der Waals surface area contributed by atoms with Gasteiger partial charge in [-0.15, -0.1) is 5.10 Å². The second-order valence-corrected chi connectivity index (χ2v) is 4.63. The maximum absolute atomic E-state index is 5.52. The van der Waals surface area contributed by atoms with Crippen LogP contribution in [-0.2, 0) is 0 Å². The number of benzene rings is 2. The van der Waals surface area contributed by atoms with Crippen LogP contribution in [0.3, 0.4) is 0 Å². The molecule has 0 aliphatic carbocycles. The Bertz CT molecular complexity index is 728. The molecule has 1 aromatic heterocycles. The summed E-state index contributed by atoms with van der Waals surface area (Å²) in [5.74, 6) is 0.445. The van der Waals surface area contributed by atoms with Gasteiger partial charge in [0.1, 0.15) is 0 Å². The van der Waals surface area contributed by atoms with Crippen molar-refractivity contribution in [3.05, 3.63) is 60.7 Å². The largest absolute Gasteiger partial charge is 0.403 e. The van der Waals surface area contributed by atoms with Crippen LogP contribution in [0, 0.1) is 0 Å². The molecule has 5 nitrogen and oxygen atoms in total. The lowest BCUT2D eigenvalue weighted by Crippen LogP contribution is -2.19. The van der Waals surface area contributed by atoms with Crippen LogP contribution in [0.5, 0.6) is 0 Å². The van der Waals surface area contributed by atoms with E-state index in [2.05, 4.69) is 20.8 Å². The van der Waals surface area contributed by atoms with Crippen molar-refractivity contribution in [2.75, 3.05) is 10.6 Å². The fourth-order valence-corrected chi connectivity index (χ4v) is 1.96. The summed E-state index contributed by atoms with van der Waals surface area (Å²) in [6.07, 6.45) is 0. The molecule has 2 N–H and O–H groups in total. The maximum Gasteiger partial charge on any atom is 0.322 e. The molecule has 0 saturated carbocycles. The van der Waals surface area contributed by atoms with E-state index in [1.165, 1.54) is 0 Å².